The molecule has 4 nitrogen and oxygen atoms in total. The Bertz CT molecular complexity index is 619. The number of rotatable bonds is 2. The van der Waals surface area contributed by atoms with E-state index in [0.29, 0.717) is 11.7 Å². The van der Waals surface area contributed by atoms with Crippen molar-refractivity contribution in [1.82, 2.24) is 10.1 Å². The van der Waals surface area contributed by atoms with E-state index in [2.05, 4.69) is 49.1 Å². The van der Waals surface area contributed by atoms with Crippen molar-refractivity contribution in [2.24, 2.45) is 11.7 Å². The summed E-state index contributed by atoms with van der Waals surface area (Å²) >= 11 is 0. The summed E-state index contributed by atoms with van der Waals surface area (Å²) in [6, 6.07) is 6.26. The lowest BCUT2D eigenvalue weighted by Gasteiger charge is -2.33. The van der Waals surface area contributed by atoms with E-state index in [9.17, 15) is 0 Å². The van der Waals surface area contributed by atoms with Crippen molar-refractivity contribution in [3.8, 4) is 11.5 Å². The van der Waals surface area contributed by atoms with Gasteiger partial charge in [-0.05, 0) is 57.6 Å². The molecule has 2 N–H and O–H groups in total. The fraction of sp³-hybridized carbons (Fsp3) is 0.529. The first-order chi connectivity index (χ1) is 9.96. The summed E-state index contributed by atoms with van der Waals surface area (Å²) in [5, 5.41) is 4.16. The molecule has 0 saturated heterocycles. The number of nitrogens with two attached hydrogens (primary N) is 1. The number of aryl methyl sites for hydroxylation is 2. The lowest BCUT2D eigenvalue weighted by atomic mass is 9.77. The number of hydrogen-bond donors (Lipinski definition) is 1. The second kappa shape index (κ2) is 5.26. The quantitative estimate of drug-likeness (QED) is 0.913. The van der Waals surface area contributed by atoms with Gasteiger partial charge in [-0.3, -0.25) is 0 Å². The molecule has 2 aromatic rings. The second-order valence-corrected chi connectivity index (χ2v) is 6.64. The summed E-state index contributed by atoms with van der Waals surface area (Å²) in [5.41, 5.74) is 9.44. The van der Waals surface area contributed by atoms with Gasteiger partial charge in [-0.2, -0.15) is 4.98 Å². The van der Waals surface area contributed by atoms with E-state index >= 15 is 0 Å². The summed E-state index contributed by atoms with van der Waals surface area (Å²) < 4.78 is 5.46. The van der Waals surface area contributed by atoms with Crippen LogP contribution in [0.5, 0.6) is 0 Å². The molecule has 1 aromatic heterocycles. The van der Waals surface area contributed by atoms with Crippen LogP contribution in [0.3, 0.4) is 0 Å². The fourth-order valence-corrected chi connectivity index (χ4v) is 3.14. The topological polar surface area (TPSA) is 64.9 Å². The van der Waals surface area contributed by atoms with Crippen LogP contribution in [0.2, 0.25) is 0 Å². The van der Waals surface area contributed by atoms with Gasteiger partial charge in [0.2, 0.25) is 0 Å². The molecule has 0 amide bonds. The van der Waals surface area contributed by atoms with Gasteiger partial charge >= 0.3 is 0 Å². The van der Waals surface area contributed by atoms with Crippen molar-refractivity contribution in [2.45, 2.75) is 52.0 Å². The van der Waals surface area contributed by atoms with E-state index in [1.54, 1.807) is 0 Å². The first-order valence-electron chi connectivity index (χ1n) is 7.68. The zero-order chi connectivity index (χ0) is 15.0. The van der Waals surface area contributed by atoms with Gasteiger partial charge in [-0.1, -0.05) is 29.3 Å². The minimum absolute atomic E-state index is 0.423. The molecule has 1 saturated carbocycles. The van der Waals surface area contributed by atoms with Crippen LogP contribution >= 0.6 is 0 Å². The summed E-state index contributed by atoms with van der Waals surface area (Å²) in [6.45, 7) is 6.41. The van der Waals surface area contributed by atoms with Gasteiger partial charge in [0.05, 0.1) is 5.54 Å². The van der Waals surface area contributed by atoms with Gasteiger partial charge in [0.1, 0.15) is 0 Å². The minimum atomic E-state index is -0.423. The smallest absolute Gasteiger partial charge is 0.258 e. The average Bonchev–Trinajstić information content (AvgIpc) is 2.92. The maximum Gasteiger partial charge on any atom is 0.258 e. The third-order valence-corrected chi connectivity index (χ3v) is 4.51. The molecule has 1 aliphatic carbocycles. The molecule has 0 spiro atoms. The second-order valence-electron chi connectivity index (χ2n) is 6.64. The first kappa shape index (κ1) is 14.3. The molecule has 0 radical (unpaired) electrons. The molecular formula is C17H23N3O. The fourth-order valence-electron chi connectivity index (χ4n) is 3.14. The van der Waals surface area contributed by atoms with Crippen molar-refractivity contribution < 1.29 is 4.52 Å². The Kier molecular flexibility index (Phi) is 3.57. The summed E-state index contributed by atoms with van der Waals surface area (Å²) in [7, 11) is 0. The van der Waals surface area contributed by atoms with Crippen LogP contribution in [0.4, 0.5) is 0 Å². The van der Waals surface area contributed by atoms with Crippen molar-refractivity contribution in [2.75, 3.05) is 0 Å². The lowest BCUT2D eigenvalue weighted by molar-refractivity contribution is 0.230. The monoisotopic (exact) mass is 285 g/mol. The SMILES string of the molecule is Cc1cc(C)cc(-c2nc(C3(N)CCC(C)CC3)no2)c1. The standard InChI is InChI=1S/C17H23N3O/c1-11-4-6-17(18,7-5-11)16-19-15(21-20-16)14-9-12(2)8-13(3)10-14/h8-11H,4-7,18H2,1-3H3. The van der Waals surface area contributed by atoms with Crippen LogP contribution in [0.25, 0.3) is 11.5 Å². The lowest BCUT2D eigenvalue weighted by Crippen LogP contribution is -2.41. The molecule has 112 valence electrons. The van der Waals surface area contributed by atoms with Gasteiger partial charge < -0.3 is 10.3 Å². The number of nitrogens with zero attached hydrogens (tertiary/aromatic N) is 2. The molecule has 0 atom stereocenters. The Morgan fingerprint density at radius 1 is 1.14 bits per heavy atom. The molecule has 0 bridgehead atoms. The predicted octanol–water partition coefficient (Wildman–Crippen LogP) is 3.72. The van der Waals surface area contributed by atoms with Crippen LogP contribution in [0, 0.1) is 19.8 Å². The molecule has 1 fully saturated rings. The van der Waals surface area contributed by atoms with Gasteiger partial charge in [0, 0.05) is 5.56 Å². The zero-order valence-electron chi connectivity index (χ0n) is 13.0. The van der Waals surface area contributed by atoms with E-state index in [1.165, 1.54) is 11.1 Å². The van der Waals surface area contributed by atoms with Crippen molar-refractivity contribution in [1.29, 1.82) is 0 Å². The summed E-state index contributed by atoms with van der Waals surface area (Å²) in [5.74, 6) is 1.97. The molecule has 4 heteroatoms. The maximum absolute atomic E-state index is 6.51. The highest BCUT2D eigenvalue weighted by Crippen LogP contribution is 2.36. The molecule has 1 aromatic carbocycles. The highest BCUT2D eigenvalue weighted by atomic mass is 16.5. The third kappa shape index (κ3) is 2.86. The zero-order valence-corrected chi connectivity index (χ0v) is 13.0. The van der Waals surface area contributed by atoms with Gasteiger partial charge in [-0.25, -0.2) is 0 Å². The number of benzene rings is 1. The van der Waals surface area contributed by atoms with Crippen LogP contribution in [-0.4, -0.2) is 10.1 Å². The van der Waals surface area contributed by atoms with Gasteiger partial charge in [0.15, 0.2) is 5.82 Å². The Hall–Kier alpha value is -1.68. The maximum atomic E-state index is 6.51. The molecule has 0 aliphatic heterocycles. The summed E-state index contributed by atoms with van der Waals surface area (Å²) in [4.78, 5) is 4.58. The third-order valence-electron chi connectivity index (χ3n) is 4.51. The van der Waals surface area contributed by atoms with E-state index in [1.807, 2.05) is 0 Å². The number of aromatic nitrogens is 2. The van der Waals surface area contributed by atoms with Crippen molar-refractivity contribution in [3.63, 3.8) is 0 Å². The Balaban J connectivity index is 1.89. The van der Waals surface area contributed by atoms with Crippen LogP contribution in [-0.2, 0) is 5.54 Å². The van der Waals surface area contributed by atoms with E-state index < -0.39 is 5.54 Å². The Morgan fingerprint density at radius 2 is 1.76 bits per heavy atom. The highest BCUT2D eigenvalue weighted by Gasteiger charge is 2.36. The molecule has 1 heterocycles. The Morgan fingerprint density at radius 3 is 2.38 bits per heavy atom. The van der Waals surface area contributed by atoms with Crippen LogP contribution in [0.15, 0.2) is 22.7 Å². The molecule has 0 unspecified atom stereocenters. The van der Waals surface area contributed by atoms with Gasteiger partial charge in [0.25, 0.3) is 5.89 Å². The Labute approximate surface area is 125 Å². The van der Waals surface area contributed by atoms with Crippen LogP contribution in [0.1, 0.15) is 49.6 Å². The molecule has 1 aliphatic rings. The number of hydrogen-bond acceptors (Lipinski definition) is 4. The van der Waals surface area contributed by atoms with Crippen molar-refractivity contribution >= 4 is 0 Å². The molecule has 3 rings (SSSR count). The minimum Gasteiger partial charge on any atom is -0.334 e. The van der Waals surface area contributed by atoms with Gasteiger partial charge in [-0.15, -0.1) is 0 Å². The highest BCUT2D eigenvalue weighted by molar-refractivity contribution is 5.55. The van der Waals surface area contributed by atoms with E-state index in [4.69, 9.17) is 10.3 Å². The largest absolute Gasteiger partial charge is 0.334 e. The van der Waals surface area contributed by atoms with E-state index in [-0.39, 0.29) is 0 Å². The van der Waals surface area contributed by atoms with Crippen LogP contribution < -0.4 is 5.73 Å². The predicted molar refractivity (Wildman–Crippen MR) is 82.7 cm³/mol. The molecule has 21 heavy (non-hydrogen) atoms. The van der Waals surface area contributed by atoms with Crippen molar-refractivity contribution in [3.05, 3.63) is 35.2 Å². The summed E-state index contributed by atoms with van der Waals surface area (Å²) in [6.07, 6.45) is 4.12. The van der Waals surface area contributed by atoms with E-state index in [0.717, 1.165) is 37.2 Å². The first-order valence-corrected chi connectivity index (χ1v) is 7.68. The normalized spacial score (nSPS) is 26.0. The molecular weight excluding hydrogens is 262 g/mol. The average molecular weight is 285 g/mol.